The Labute approximate surface area is 77.6 Å². The van der Waals surface area contributed by atoms with Gasteiger partial charge in [-0.05, 0) is 12.5 Å². The maximum Gasteiger partial charge on any atom is 0.250 e. The number of rotatable bonds is 5. The monoisotopic (exact) mass is 182 g/mol. The van der Waals surface area contributed by atoms with E-state index in [0.29, 0.717) is 11.7 Å². The van der Waals surface area contributed by atoms with Gasteiger partial charge >= 0.3 is 0 Å². The molecule has 0 aromatic carbocycles. The van der Waals surface area contributed by atoms with E-state index in [0.717, 1.165) is 12.8 Å². The Morgan fingerprint density at radius 1 is 1.69 bits per heavy atom. The van der Waals surface area contributed by atoms with Gasteiger partial charge in [-0.25, -0.2) is 0 Å². The van der Waals surface area contributed by atoms with Gasteiger partial charge in [0, 0.05) is 7.11 Å². The Bertz CT molecular complexity index is 270. The second kappa shape index (κ2) is 4.77. The van der Waals surface area contributed by atoms with Gasteiger partial charge in [-0.15, -0.1) is 0 Å². The van der Waals surface area contributed by atoms with Crippen molar-refractivity contribution in [1.82, 2.24) is 10.1 Å². The highest BCUT2D eigenvalue weighted by molar-refractivity contribution is 5.32. The van der Waals surface area contributed by atoms with E-state index in [-0.39, 0.29) is 6.10 Å². The molecule has 0 radical (unpaired) electrons. The molecule has 1 rings (SSSR count). The standard InChI is InChI=1S/C9H14N2O2/c1-4-6-7(12-3)9-10-8(5-2)13-11-9/h5,7H,2,4,6H2,1,3H3. The number of aromatic nitrogens is 2. The smallest absolute Gasteiger partial charge is 0.250 e. The normalized spacial score (nSPS) is 12.8. The Kier molecular flexibility index (Phi) is 3.64. The van der Waals surface area contributed by atoms with Crippen molar-refractivity contribution in [3.8, 4) is 0 Å². The van der Waals surface area contributed by atoms with Gasteiger partial charge in [0.1, 0.15) is 6.10 Å². The van der Waals surface area contributed by atoms with Crippen LogP contribution in [0.25, 0.3) is 6.08 Å². The molecule has 1 aromatic rings. The van der Waals surface area contributed by atoms with Gasteiger partial charge < -0.3 is 9.26 Å². The van der Waals surface area contributed by atoms with E-state index in [1.54, 1.807) is 7.11 Å². The quantitative estimate of drug-likeness (QED) is 0.700. The minimum absolute atomic E-state index is 0.0672. The van der Waals surface area contributed by atoms with Crippen LogP contribution in [0.1, 0.15) is 37.6 Å². The third-order valence-electron chi connectivity index (χ3n) is 1.76. The lowest BCUT2D eigenvalue weighted by Gasteiger charge is -2.08. The molecule has 1 aromatic heterocycles. The second-order valence-electron chi connectivity index (χ2n) is 2.71. The zero-order valence-electron chi connectivity index (χ0n) is 7.99. The summed E-state index contributed by atoms with van der Waals surface area (Å²) in [6.07, 6.45) is 3.38. The van der Waals surface area contributed by atoms with Crippen LogP contribution in [0, 0.1) is 0 Å². The first-order chi connectivity index (χ1) is 6.31. The number of hydrogen-bond acceptors (Lipinski definition) is 4. The Balaban J connectivity index is 2.72. The molecule has 13 heavy (non-hydrogen) atoms. The molecule has 0 saturated carbocycles. The van der Waals surface area contributed by atoms with Crippen LogP contribution in [-0.2, 0) is 4.74 Å². The van der Waals surface area contributed by atoms with Crippen LogP contribution in [-0.4, -0.2) is 17.3 Å². The topological polar surface area (TPSA) is 48.2 Å². The Morgan fingerprint density at radius 2 is 2.46 bits per heavy atom. The van der Waals surface area contributed by atoms with Crippen molar-refractivity contribution in [3.63, 3.8) is 0 Å². The van der Waals surface area contributed by atoms with Crippen molar-refractivity contribution in [1.29, 1.82) is 0 Å². The molecular formula is C9H14N2O2. The summed E-state index contributed by atoms with van der Waals surface area (Å²) in [5, 5.41) is 3.79. The summed E-state index contributed by atoms with van der Waals surface area (Å²) in [5.41, 5.74) is 0. The van der Waals surface area contributed by atoms with Crippen molar-refractivity contribution in [3.05, 3.63) is 18.3 Å². The number of nitrogens with zero attached hydrogens (tertiary/aromatic N) is 2. The zero-order chi connectivity index (χ0) is 9.68. The van der Waals surface area contributed by atoms with E-state index in [1.807, 2.05) is 0 Å². The molecule has 72 valence electrons. The predicted molar refractivity (Wildman–Crippen MR) is 49.0 cm³/mol. The molecular weight excluding hydrogens is 168 g/mol. The lowest BCUT2D eigenvalue weighted by molar-refractivity contribution is 0.0854. The molecule has 0 bridgehead atoms. The molecule has 1 atom stereocenters. The van der Waals surface area contributed by atoms with Gasteiger partial charge in [0.2, 0.25) is 11.7 Å². The highest BCUT2D eigenvalue weighted by Gasteiger charge is 2.15. The molecule has 0 N–H and O–H groups in total. The summed E-state index contributed by atoms with van der Waals surface area (Å²) in [4.78, 5) is 4.10. The van der Waals surface area contributed by atoms with Gasteiger partial charge in [-0.3, -0.25) is 0 Å². The number of ether oxygens (including phenoxy) is 1. The fourth-order valence-electron chi connectivity index (χ4n) is 1.08. The summed E-state index contributed by atoms with van der Waals surface area (Å²) < 4.78 is 10.1. The predicted octanol–water partition coefficient (Wildman–Crippen LogP) is 2.20. The Hall–Kier alpha value is -1.16. The molecule has 0 amide bonds. The molecule has 0 saturated heterocycles. The van der Waals surface area contributed by atoms with E-state index in [4.69, 9.17) is 9.26 Å². The van der Waals surface area contributed by atoms with Crippen LogP contribution in [0.2, 0.25) is 0 Å². The SMILES string of the molecule is C=Cc1nc(C(CCC)OC)no1. The minimum Gasteiger partial charge on any atom is -0.373 e. The molecule has 1 unspecified atom stereocenters. The highest BCUT2D eigenvalue weighted by atomic mass is 16.5. The molecule has 0 aliphatic rings. The molecule has 1 heterocycles. The fraction of sp³-hybridized carbons (Fsp3) is 0.556. The summed E-state index contributed by atoms with van der Waals surface area (Å²) in [6, 6.07) is 0. The van der Waals surface area contributed by atoms with Crippen LogP contribution in [0.3, 0.4) is 0 Å². The molecule has 0 spiro atoms. The van der Waals surface area contributed by atoms with Crippen molar-refractivity contribution in [2.24, 2.45) is 0 Å². The molecule has 0 fully saturated rings. The Morgan fingerprint density at radius 3 is 2.92 bits per heavy atom. The van der Waals surface area contributed by atoms with E-state index in [2.05, 4.69) is 23.6 Å². The third kappa shape index (κ3) is 2.39. The molecule has 4 heteroatoms. The van der Waals surface area contributed by atoms with Crippen LogP contribution < -0.4 is 0 Å². The summed E-state index contributed by atoms with van der Waals surface area (Å²) in [5.74, 6) is 1.03. The summed E-state index contributed by atoms with van der Waals surface area (Å²) in [6.45, 7) is 5.62. The first-order valence-electron chi connectivity index (χ1n) is 4.30. The van der Waals surface area contributed by atoms with Gasteiger partial charge in [0.05, 0.1) is 0 Å². The minimum atomic E-state index is -0.0672. The highest BCUT2D eigenvalue weighted by Crippen LogP contribution is 2.18. The van der Waals surface area contributed by atoms with E-state index in [1.165, 1.54) is 6.08 Å². The van der Waals surface area contributed by atoms with Crippen molar-refractivity contribution in [2.45, 2.75) is 25.9 Å². The zero-order valence-corrected chi connectivity index (χ0v) is 7.99. The van der Waals surface area contributed by atoms with Gasteiger partial charge in [0.15, 0.2) is 0 Å². The third-order valence-corrected chi connectivity index (χ3v) is 1.76. The van der Waals surface area contributed by atoms with Crippen molar-refractivity contribution < 1.29 is 9.26 Å². The lowest BCUT2D eigenvalue weighted by atomic mass is 10.2. The average molecular weight is 182 g/mol. The van der Waals surface area contributed by atoms with Crippen LogP contribution in [0.15, 0.2) is 11.1 Å². The van der Waals surface area contributed by atoms with Gasteiger partial charge in [0.25, 0.3) is 0 Å². The number of methoxy groups -OCH3 is 1. The van der Waals surface area contributed by atoms with Crippen molar-refractivity contribution in [2.75, 3.05) is 7.11 Å². The van der Waals surface area contributed by atoms with E-state index >= 15 is 0 Å². The maximum absolute atomic E-state index is 5.22. The van der Waals surface area contributed by atoms with Crippen molar-refractivity contribution >= 4 is 6.08 Å². The van der Waals surface area contributed by atoms with Gasteiger partial charge in [-0.1, -0.05) is 25.1 Å². The number of hydrogen-bond donors (Lipinski definition) is 0. The van der Waals surface area contributed by atoms with Crippen LogP contribution in [0.4, 0.5) is 0 Å². The van der Waals surface area contributed by atoms with Crippen LogP contribution in [0.5, 0.6) is 0 Å². The largest absolute Gasteiger partial charge is 0.373 e. The first kappa shape index (κ1) is 9.92. The summed E-state index contributed by atoms with van der Waals surface area (Å²) in [7, 11) is 1.64. The molecule has 4 nitrogen and oxygen atoms in total. The summed E-state index contributed by atoms with van der Waals surface area (Å²) >= 11 is 0. The first-order valence-corrected chi connectivity index (χ1v) is 4.30. The average Bonchev–Trinajstić information content (AvgIpc) is 2.62. The van der Waals surface area contributed by atoms with Gasteiger partial charge in [-0.2, -0.15) is 4.98 Å². The molecule has 0 aliphatic carbocycles. The molecule has 0 aliphatic heterocycles. The fourth-order valence-corrected chi connectivity index (χ4v) is 1.08. The second-order valence-corrected chi connectivity index (χ2v) is 2.71. The van der Waals surface area contributed by atoms with E-state index in [9.17, 15) is 0 Å². The maximum atomic E-state index is 5.22. The van der Waals surface area contributed by atoms with Crippen LogP contribution >= 0.6 is 0 Å². The lowest BCUT2D eigenvalue weighted by Crippen LogP contribution is -2.02. The van der Waals surface area contributed by atoms with E-state index < -0.39 is 0 Å².